The van der Waals surface area contributed by atoms with Crippen LogP contribution in [0.1, 0.15) is 18.9 Å². The van der Waals surface area contributed by atoms with Crippen molar-refractivity contribution in [2.75, 3.05) is 19.1 Å². The highest BCUT2D eigenvalue weighted by atomic mass is 16.5. The third-order valence-electron chi connectivity index (χ3n) is 2.85. The number of aryl methyl sites for hydroxylation is 1. The molecule has 0 saturated heterocycles. The van der Waals surface area contributed by atoms with Crippen LogP contribution < -0.4 is 9.64 Å². The Balaban J connectivity index is 3.13. The minimum absolute atomic E-state index is 0.536. The number of aliphatic carboxylic acids is 1. The van der Waals surface area contributed by atoms with Gasteiger partial charge in [0.15, 0.2) is 0 Å². The molecule has 1 aromatic rings. The molecule has 0 radical (unpaired) electrons. The summed E-state index contributed by atoms with van der Waals surface area (Å²) < 4.78 is 5.26. The normalized spacial score (nSPS) is 12.0. The van der Waals surface area contributed by atoms with Gasteiger partial charge in [0.2, 0.25) is 0 Å². The second-order valence-electron chi connectivity index (χ2n) is 4.05. The van der Waals surface area contributed by atoms with Crippen molar-refractivity contribution in [1.29, 1.82) is 0 Å². The molecule has 1 aromatic carbocycles. The second-order valence-corrected chi connectivity index (χ2v) is 4.05. The molecule has 0 aliphatic carbocycles. The molecular weight excluding hydrogens is 218 g/mol. The fourth-order valence-electron chi connectivity index (χ4n) is 1.86. The number of anilines is 1. The number of benzene rings is 1. The molecule has 4 nitrogen and oxygen atoms in total. The van der Waals surface area contributed by atoms with Crippen LogP contribution in [0.2, 0.25) is 0 Å². The fourth-order valence-corrected chi connectivity index (χ4v) is 1.86. The number of carboxylic acid groups (broad SMARTS) is 1. The largest absolute Gasteiger partial charge is 0.495 e. The maximum Gasteiger partial charge on any atom is 0.326 e. The highest BCUT2D eigenvalue weighted by Crippen LogP contribution is 2.30. The lowest BCUT2D eigenvalue weighted by molar-refractivity contribution is -0.138. The third kappa shape index (κ3) is 2.90. The Morgan fingerprint density at radius 2 is 2.18 bits per heavy atom. The molecule has 0 fully saturated rings. The summed E-state index contributed by atoms with van der Waals surface area (Å²) in [5.41, 5.74) is 1.88. The van der Waals surface area contributed by atoms with Gasteiger partial charge in [-0.05, 0) is 31.0 Å². The Morgan fingerprint density at radius 3 is 2.65 bits per heavy atom. The smallest absolute Gasteiger partial charge is 0.326 e. The van der Waals surface area contributed by atoms with Crippen LogP contribution in [0.25, 0.3) is 0 Å². The van der Waals surface area contributed by atoms with Crippen LogP contribution in [0.15, 0.2) is 18.2 Å². The molecule has 4 heteroatoms. The Kier molecular flexibility index (Phi) is 4.37. The predicted molar refractivity (Wildman–Crippen MR) is 67.8 cm³/mol. The average Bonchev–Trinajstić information content (AvgIpc) is 2.29. The summed E-state index contributed by atoms with van der Waals surface area (Å²) in [6, 6.07) is 5.20. The highest BCUT2D eigenvalue weighted by Gasteiger charge is 2.22. The van der Waals surface area contributed by atoms with Gasteiger partial charge in [0.05, 0.1) is 12.8 Å². The van der Waals surface area contributed by atoms with Crippen LogP contribution in [0.4, 0.5) is 5.69 Å². The second kappa shape index (κ2) is 5.57. The first-order valence-corrected chi connectivity index (χ1v) is 5.61. The molecule has 0 bridgehead atoms. The number of hydrogen-bond acceptors (Lipinski definition) is 3. The van der Waals surface area contributed by atoms with Gasteiger partial charge in [0.1, 0.15) is 11.8 Å². The van der Waals surface area contributed by atoms with Gasteiger partial charge in [-0.15, -0.1) is 0 Å². The van der Waals surface area contributed by atoms with E-state index in [9.17, 15) is 4.79 Å². The number of methoxy groups -OCH3 is 1. The summed E-state index contributed by atoms with van der Waals surface area (Å²) in [4.78, 5) is 12.9. The number of likely N-dealkylation sites (N-methyl/N-ethyl adjacent to an activating group) is 1. The van der Waals surface area contributed by atoms with Crippen LogP contribution in [-0.4, -0.2) is 31.3 Å². The van der Waals surface area contributed by atoms with E-state index in [1.165, 1.54) is 0 Å². The summed E-state index contributed by atoms with van der Waals surface area (Å²) in [5, 5.41) is 9.16. The van der Waals surface area contributed by atoms with E-state index in [1.807, 2.05) is 32.0 Å². The Labute approximate surface area is 102 Å². The van der Waals surface area contributed by atoms with E-state index in [1.54, 1.807) is 19.1 Å². The first-order chi connectivity index (χ1) is 8.01. The zero-order chi connectivity index (χ0) is 13.0. The van der Waals surface area contributed by atoms with Gasteiger partial charge >= 0.3 is 5.97 Å². The van der Waals surface area contributed by atoms with Crippen molar-refractivity contribution in [2.45, 2.75) is 26.3 Å². The van der Waals surface area contributed by atoms with Gasteiger partial charge in [0.25, 0.3) is 0 Å². The van der Waals surface area contributed by atoms with E-state index in [0.717, 1.165) is 11.3 Å². The van der Waals surface area contributed by atoms with Gasteiger partial charge in [0, 0.05) is 7.05 Å². The first kappa shape index (κ1) is 13.4. The van der Waals surface area contributed by atoms with Crippen LogP contribution in [0.5, 0.6) is 5.75 Å². The molecule has 1 atom stereocenters. The third-order valence-corrected chi connectivity index (χ3v) is 2.85. The summed E-state index contributed by atoms with van der Waals surface area (Å²) in [6.07, 6.45) is 0.545. The lowest BCUT2D eigenvalue weighted by Gasteiger charge is -2.27. The maximum absolute atomic E-state index is 11.1. The minimum Gasteiger partial charge on any atom is -0.495 e. The SMILES string of the molecule is CCC(C(=O)O)N(C)c1cc(C)ccc1OC. The number of nitrogens with zero attached hydrogens (tertiary/aromatic N) is 1. The van der Waals surface area contributed by atoms with E-state index in [0.29, 0.717) is 12.2 Å². The lowest BCUT2D eigenvalue weighted by Crippen LogP contribution is -2.38. The molecule has 1 N–H and O–H groups in total. The van der Waals surface area contributed by atoms with Gasteiger partial charge in [-0.25, -0.2) is 4.79 Å². The van der Waals surface area contributed by atoms with Crippen molar-refractivity contribution >= 4 is 11.7 Å². The van der Waals surface area contributed by atoms with Crippen molar-refractivity contribution in [2.24, 2.45) is 0 Å². The Morgan fingerprint density at radius 1 is 1.53 bits per heavy atom. The van der Waals surface area contributed by atoms with Crippen molar-refractivity contribution in [3.05, 3.63) is 23.8 Å². The van der Waals surface area contributed by atoms with Gasteiger partial charge < -0.3 is 14.7 Å². The van der Waals surface area contributed by atoms with Crippen LogP contribution in [0, 0.1) is 6.92 Å². The van der Waals surface area contributed by atoms with Gasteiger partial charge in [-0.3, -0.25) is 0 Å². The molecule has 0 amide bonds. The summed E-state index contributed by atoms with van der Waals surface area (Å²) in [5.74, 6) is -0.128. The zero-order valence-electron chi connectivity index (χ0n) is 10.7. The number of hydrogen-bond donors (Lipinski definition) is 1. The molecule has 0 saturated carbocycles. The molecule has 1 rings (SSSR count). The topological polar surface area (TPSA) is 49.8 Å². The predicted octanol–water partition coefficient (Wildman–Crippen LogP) is 2.30. The average molecular weight is 237 g/mol. The van der Waals surface area contributed by atoms with Crippen LogP contribution in [0.3, 0.4) is 0 Å². The molecule has 0 spiro atoms. The van der Waals surface area contributed by atoms with E-state index >= 15 is 0 Å². The Bertz CT molecular complexity index is 404. The van der Waals surface area contributed by atoms with Crippen LogP contribution >= 0.6 is 0 Å². The van der Waals surface area contributed by atoms with Crippen molar-refractivity contribution in [3.8, 4) is 5.75 Å². The molecule has 0 aliphatic rings. The molecule has 0 aromatic heterocycles. The zero-order valence-corrected chi connectivity index (χ0v) is 10.7. The van der Waals surface area contributed by atoms with Crippen LogP contribution in [-0.2, 0) is 4.79 Å². The maximum atomic E-state index is 11.1. The van der Waals surface area contributed by atoms with E-state index < -0.39 is 12.0 Å². The number of ether oxygens (including phenoxy) is 1. The highest BCUT2D eigenvalue weighted by molar-refractivity contribution is 5.79. The summed E-state index contributed by atoms with van der Waals surface area (Å²) in [6.45, 7) is 3.83. The van der Waals surface area contributed by atoms with Crippen molar-refractivity contribution < 1.29 is 14.6 Å². The van der Waals surface area contributed by atoms with E-state index in [2.05, 4.69) is 0 Å². The summed E-state index contributed by atoms with van der Waals surface area (Å²) >= 11 is 0. The van der Waals surface area contributed by atoms with E-state index in [4.69, 9.17) is 9.84 Å². The van der Waals surface area contributed by atoms with Crippen molar-refractivity contribution in [1.82, 2.24) is 0 Å². The van der Waals surface area contributed by atoms with Gasteiger partial charge in [-0.1, -0.05) is 13.0 Å². The number of carboxylic acids is 1. The molecular formula is C13H19NO3. The molecule has 17 heavy (non-hydrogen) atoms. The Hall–Kier alpha value is -1.71. The summed E-state index contributed by atoms with van der Waals surface area (Å²) in [7, 11) is 3.36. The van der Waals surface area contributed by atoms with E-state index in [-0.39, 0.29) is 0 Å². The monoisotopic (exact) mass is 237 g/mol. The van der Waals surface area contributed by atoms with Crippen molar-refractivity contribution in [3.63, 3.8) is 0 Å². The number of rotatable bonds is 5. The fraction of sp³-hybridized carbons (Fsp3) is 0.462. The molecule has 1 unspecified atom stereocenters. The molecule has 94 valence electrons. The molecule has 0 heterocycles. The molecule has 0 aliphatic heterocycles. The number of carbonyl (C=O) groups is 1. The quantitative estimate of drug-likeness (QED) is 0.853. The standard InChI is InChI=1S/C13H19NO3/c1-5-10(13(15)16)14(3)11-8-9(2)6-7-12(11)17-4/h6-8,10H,5H2,1-4H3,(H,15,16). The first-order valence-electron chi connectivity index (χ1n) is 5.61. The van der Waals surface area contributed by atoms with Gasteiger partial charge in [-0.2, -0.15) is 0 Å². The lowest BCUT2D eigenvalue weighted by atomic mass is 10.1. The minimum atomic E-state index is -0.821.